The molecule has 1 heterocycles. The third-order valence-electron chi connectivity index (χ3n) is 5.38. The molecule has 0 aromatic heterocycles. The van der Waals surface area contributed by atoms with Crippen molar-refractivity contribution in [3.8, 4) is 0 Å². The summed E-state index contributed by atoms with van der Waals surface area (Å²) >= 11 is 0. The van der Waals surface area contributed by atoms with Gasteiger partial charge in [-0.25, -0.2) is 0 Å². The predicted molar refractivity (Wildman–Crippen MR) is 118 cm³/mol. The van der Waals surface area contributed by atoms with Crippen molar-refractivity contribution in [2.45, 2.75) is 56.0 Å². The maximum absolute atomic E-state index is 12.8. The van der Waals surface area contributed by atoms with Crippen LogP contribution in [0.1, 0.15) is 25.7 Å². The van der Waals surface area contributed by atoms with Crippen molar-refractivity contribution in [1.29, 1.82) is 0 Å². The average Bonchev–Trinajstić information content (AvgIpc) is 3.01. The minimum Gasteiger partial charge on any atom is -0.481 e. The molecule has 2 rings (SSSR count). The number of nitrogens with one attached hydrogen (secondary N) is 4. The van der Waals surface area contributed by atoms with Crippen molar-refractivity contribution >= 4 is 48.0 Å². The lowest BCUT2D eigenvalue weighted by Crippen LogP contribution is -2.55. The number of aliphatic hydroxyl groups is 2. The number of hydrogen-bond acceptors (Lipinski definition) is 8. The molecule has 0 aromatic carbocycles. The molecule has 0 spiro atoms. The molecule has 2 fully saturated rings. The van der Waals surface area contributed by atoms with Gasteiger partial charge in [-0.05, 0) is 19.3 Å². The number of aliphatic hydroxyl groups excluding tert-OH is 2. The number of carboxylic acid groups (broad SMARTS) is 1. The highest BCUT2D eigenvalue weighted by molar-refractivity contribution is 5.94. The number of nitrogens with two attached hydrogens (primary N) is 2. The Bertz CT molecular complexity index is 822. The normalized spacial score (nSPS) is 29.9. The molecule has 1 saturated heterocycles. The van der Waals surface area contributed by atoms with Crippen LogP contribution < -0.4 is 32.7 Å². The van der Waals surface area contributed by atoms with E-state index >= 15 is 0 Å². The molecule has 4 amide bonds. The fourth-order valence-corrected chi connectivity index (χ4v) is 3.69. The molecule has 16 heteroatoms. The molecule has 2 bridgehead atoms. The minimum atomic E-state index is -1.54. The van der Waals surface area contributed by atoms with Crippen LogP contribution >= 0.6 is 12.4 Å². The predicted octanol–water partition coefficient (Wildman–Crippen LogP) is -4.74. The number of fused-ring (bicyclic) bond motifs is 2. The van der Waals surface area contributed by atoms with Gasteiger partial charge in [-0.1, -0.05) is 0 Å². The van der Waals surface area contributed by atoms with E-state index in [9.17, 15) is 34.2 Å². The number of aliphatic carboxylic acids is 1. The van der Waals surface area contributed by atoms with Crippen LogP contribution in [-0.2, 0) is 24.0 Å². The molecule has 6 atom stereocenters. The Kier molecular flexibility index (Phi) is 11.0. The Hall–Kier alpha value is -3.17. The van der Waals surface area contributed by atoms with Gasteiger partial charge in [-0.2, -0.15) is 0 Å². The van der Waals surface area contributed by atoms with Gasteiger partial charge in [0.15, 0.2) is 5.96 Å². The molecule has 2 aliphatic rings. The fraction of sp³-hybridized carbons (Fsp3) is 0.667. The van der Waals surface area contributed by atoms with E-state index in [1.807, 2.05) is 0 Å². The van der Waals surface area contributed by atoms with Gasteiger partial charge in [-0.15, -0.1) is 12.4 Å². The summed E-state index contributed by atoms with van der Waals surface area (Å²) in [7, 11) is 0. The zero-order valence-corrected chi connectivity index (χ0v) is 18.9. The molecule has 0 unspecified atom stereocenters. The van der Waals surface area contributed by atoms with E-state index in [1.165, 1.54) is 0 Å². The molecule has 1 aliphatic heterocycles. The van der Waals surface area contributed by atoms with Crippen LogP contribution in [0.25, 0.3) is 0 Å². The van der Waals surface area contributed by atoms with E-state index in [0.29, 0.717) is 6.42 Å². The maximum Gasteiger partial charge on any atom is 0.305 e. The van der Waals surface area contributed by atoms with Gasteiger partial charge in [0.1, 0.15) is 18.2 Å². The number of carbonyl (C=O) groups is 5. The molecule has 34 heavy (non-hydrogen) atoms. The molecule has 1 saturated carbocycles. The lowest BCUT2D eigenvalue weighted by Gasteiger charge is -2.23. The quantitative estimate of drug-likeness (QED) is 0.0941. The van der Waals surface area contributed by atoms with Crippen molar-refractivity contribution in [3.63, 3.8) is 0 Å². The minimum absolute atomic E-state index is 0. The van der Waals surface area contributed by atoms with Crippen molar-refractivity contribution in [3.05, 3.63) is 0 Å². The highest BCUT2D eigenvalue weighted by atomic mass is 35.5. The monoisotopic (exact) mass is 507 g/mol. The van der Waals surface area contributed by atoms with Crippen LogP contribution in [0.3, 0.4) is 0 Å². The topological polar surface area (TPSA) is 259 Å². The highest BCUT2D eigenvalue weighted by Crippen LogP contribution is 2.27. The fourth-order valence-electron chi connectivity index (χ4n) is 3.69. The van der Waals surface area contributed by atoms with E-state index in [1.54, 1.807) is 0 Å². The summed E-state index contributed by atoms with van der Waals surface area (Å²) in [5, 5.41) is 39.1. The molecule has 0 radical (unpaired) electrons. The van der Waals surface area contributed by atoms with Crippen LogP contribution in [0, 0.1) is 5.92 Å². The first-order valence-corrected chi connectivity index (χ1v) is 10.3. The van der Waals surface area contributed by atoms with E-state index in [-0.39, 0.29) is 37.8 Å². The number of hydrogen-bond donors (Lipinski definition) is 9. The second kappa shape index (κ2) is 12.9. The summed E-state index contributed by atoms with van der Waals surface area (Å²) in [5.41, 5.74) is 10.5. The third kappa shape index (κ3) is 8.00. The smallest absolute Gasteiger partial charge is 0.305 e. The zero-order chi connectivity index (χ0) is 24.7. The zero-order valence-electron chi connectivity index (χ0n) is 18.1. The van der Waals surface area contributed by atoms with Gasteiger partial charge in [0.25, 0.3) is 0 Å². The summed E-state index contributed by atoms with van der Waals surface area (Å²) in [4.78, 5) is 64.9. The number of guanidine groups is 1. The van der Waals surface area contributed by atoms with Crippen LogP contribution in [0.2, 0.25) is 0 Å². The molecule has 1 aliphatic carbocycles. The first-order chi connectivity index (χ1) is 15.5. The largest absolute Gasteiger partial charge is 0.481 e. The van der Waals surface area contributed by atoms with Gasteiger partial charge in [0, 0.05) is 6.54 Å². The third-order valence-corrected chi connectivity index (χ3v) is 5.38. The molecular weight excluding hydrogens is 478 g/mol. The molecular formula is C18H30ClN7O8. The second-order valence-electron chi connectivity index (χ2n) is 7.88. The lowest BCUT2D eigenvalue weighted by atomic mass is 10.0. The van der Waals surface area contributed by atoms with Gasteiger partial charge in [-0.3, -0.25) is 29.0 Å². The number of rotatable bonds is 6. The number of carbonyl (C=O) groups excluding carboxylic acids is 4. The first-order valence-electron chi connectivity index (χ1n) is 10.3. The SMILES string of the molecule is Cl.NC(N)=NCCC[C@@H]1NC(=O)[C@@H]2C[C@H](NC(=O)[C@H](CC(=O)O)NC(=O)CNC1=O)[C@@H](O)[C@H]2O. The van der Waals surface area contributed by atoms with Crippen LogP contribution in [0.4, 0.5) is 0 Å². The Labute approximate surface area is 200 Å². The van der Waals surface area contributed by atoms with Crippen molar-refractivity contribution < 1.29 is 39.3 Å². The van der Waals surface area contributed by atoms with Gasteiger partial charge in [0.05, 0.1) is 31.0 Å². The Morgan fingerprint density at radius 3 is 2.26 bits per heavy atom. The lowest BCUT2D eigenvalue weighted by molar-refractivity contribution is -0.141. The summed E-state index contributed by atoms with van der Waals surface area (Å²) in [6.45, 7) is -0.404. The summed E-state index contributed by atoms with van der Waals surface area (Å²) in [6.07, 6.45) is -3.59. The molecule has 11 N–H and O–H groups in total. The second-order valence-corrected chi connectivity index (χ2v) is 7.88. The summed E-state index contributed by atoms with van der Waals surface area (Å²) in [5.74, 6) is -5.85. The van der Waals surface area contributed by atoms with Crippen LogP contribution in [0.15, 0.2) is 4.99 Å². The number of aliphatic imine (C=N–C) groups is 1. The maximum atomic E-state index is 12.8. The average molecular weight is 508 g/mol. The Balaban J connectivity index is 0.00000578. The summed E-state index contributed by atoms with van der Waals surface area (Å²) in [6, 6.07) is -3.67. The van der Waals surface area contributed by atoms with E-state index in [4.69, 9.17) is 16.6 Å². The van der Waals surface area contributed by atoms with Crippen LogP contribution in [0.5, 0.6) is 0 Å². The van der Waals surface area contributed by atoms with Crippen molar-refractivity contribution in [2.75, 3.05) is 13.1 Å². The van der Waals surface area contributed by atoms with E-state index < -0.39 is 78.8 Å². The standard InChI is InChI=1S/C18H29N7O8.ClH/c19-18(20)21-3-1-2-8-16(32)22-6-11(26)23-10(5-12(27)28)17(33)25-9-4-7(15(31)24-8)13(29)14(9)30;/h7-10,13-14,29-30H,1-6H2,(H,22,32)(H,23,26)(H,24,31)(H,25,33)(H,27,28)(H4,19,20,21);1H/t7-,8+,9+,10+,13+,14-;/m1./s1. The summed E-state index contributed by atoms with van der Waals surface area (Å²) < 4.78 is 0. The molecule has 192 valence electrons. The highest BCUT2D eigenvalue weighted by Gasteiger charge is 2.46. The Morgan fingerprint density at radius 2 is 1.65 bits per heavy atom. The first kappa shape index (κ1) is 28.9. The number of carboxylic acids is 1. The number of nitrogens with zero attached hydrogens (tertiary/aromatic N) is 1. The number of halogens is 1. The van der Waals surface area contributed by atoms with Crippen molar-refractivity contribution in [1.82, 2.24) is 21.3 Å². The number of amides is 4. The van der Waals surface area contributed by atoms with Gasteiger partial charge in [0.2, 0.25) is 23.6 Å². The van der Waals surface area contributed by atoms with Gasteiger partial charge >= 0.3 is 5.97 Å². The van der Waals surface area contributed by atoms with Crippen molar-refractivity contribution in [2.24, 2.45) is 22.4 Å². The molecule has 0 aromatic rings. The van der Waals surface area contributed by atoms with E-state index in [0.717, 1.165) is 0 Å². The van der Waals surface area contributed by atoms with Gasteiger partial charge < -0.3 is 48.1 Å². The Morgan fingerprint density at radius 1 is 0.971 bits per heavy atom. The molecule has 15 nitrogen and oxygen atoms in total. The van der Waals surface area contributed by atoms with E-state index in [2.05, 4.69) is 26.3 Å². The van der Waals surface area contributed by atoms with Crippen LogP contribution in [-0.4, -0.2) is 94.3 Å².